The lowest BCUT2D eigenvalue weighted by Gasteiger charge is -2.28. The van der Waals surface area contributed by atoms with Crippen molar-refractivity contribution in [1.29, 1.82) is 0 Å². The average Bonchev–Trinajstić information content (AvgIpc) is 2.43. The minimum absolute atomic E-state index is 0.178. The Bertz CT molecular complexity index is 363. The van der Waals surface area contributed by atoms with Crippen LogP contribution in [0.5, 0.6) is 0 Å². The largest absolute Gasteiger partial charge is 0.345 e. The molecule has 0 aromatic heterocycles. The quantitative estimate of drug-likeness (QED) is 0.751. The number of carbonyl (C=O) groups is 2. The van der Waals surface area contributed by atoms with Gasteiger partial charge < -0.3 is 10.6 Å². The van der Waals surface area contributed by atoms with E-state index in [0.717, 1.165) is 25.7 Å². The zero-order valence-electron chi connectivity index (χ0n) is 13.3. The summed E-state index contributed by atoms with van der Waals surface area (Å²) in [5.41, 5.74) is 0. The van der Waals surface area contributed by atoms with Crippen molar-refractivity contribution in [3.63, 3.8) is 0 Å². The fourth-order valence-electron chi connectivity index (χ4n) is 2.91. The molecule has 2 N–H and O–H groups in total. The van der Waals surface area contributed by atoms with Gasteiger partial charge in [0.25, 0.3) is 0 Å². The second-order valence-electron chi connectivity index (χ2n) is 6.38. The molecule has 0 bridgehead atoms. The van der Waals surface area contributed by atoms with Crippen LogP contribution in [0.25, 0.3) is 0 Å². The van der Waals surface area contributed by atoms with Gasteiger partial charge in [-0.05, 0) is 31.1 Å². The summed E-state index contributed by atoms with van der Waals surface area (Å²) >= 11 is 0. The summed E-state index contributed by atoms with van der Waals surface area (Å²) < 4.78 is 0. The highest BCUT2D eigenvalue weighted by molar-refractivity contribution is 5.88. The first-order valence-corrected chi connectivity index (χ1v) is 7.89. The molecule has 1 radical (unpaired) electrons. The first kappa shape index (κ1) is 17.7. The number of carbonyl (C=O) groups excluding carboxylic acids is 3. The molecule has 21 heavy (non-hydrogen) atoms. The number of hydrogen-bond acceptors (Lipinski definition) is 3. The lowest BCUT2D eigenvalue weighted by Crippen LogP contribution is -2.52. The summed E-state index contributed by atoms with van der Waals surface area (Å²) in [5.74, 6) is -0.0592. The Morgan fingerprint density at radius 3 is 2.24 bits per heavy atom. The molecule has 0 unspecified atom stereocenters. The molecule has 0 aliphatic heterocycles. The predicted octanol–water partition coefficient (Wildman–Crippen LogP) is 1.71. The molecular formula is C16H27N2O3. The Balaban J connectivity index is 2.63. The van der Waals surface area contributed by atoms with Crippen molar-refractivity contribution < 1.29 is 14.4 Å². The van der Waals surface area contributed by atoms with Gasteiger partial charge in [-0.3, -0.25) is 14.4 Å². The van der Waals surface area contributed by atoms with Crippen LogP contribution in [0.3, 0.4) is 0 Å². The molecule has 0 aromatic rings. The van der Waals surface area contributed by atoms with Crippen LogP contribution < -0.4 is 10.6 Å². The van der Waals surface area contributed by atoms with Crippen LogP contribution in [0.1, 0.15) is 59.3 Å². The molecule has 1 rings (SSSR count). The number of nitrogens with one attached hydrogen (secondary N) is 2. The fourth-order valence-corrected chi connectivity index (χ4v) is 2.91. The van der Waals surface area contributed by atoms with Gasteiger partial charge in [-0.15, -0.1) is 0 Å². The van der Waals surface area contributed by atoms with Crippen LogP contribution in [0.4, 0.5) is 0 Å². The second-order valence-corrected chi connectivity index (χ2v) is 6.38. The Morgan fingerprint density at radius 1 is 1.14 bits per heavy atom. The summed E-state index contributed by atoms with van der Waals surface area (Å²) in [6.07, 6.45) is 7.82. The number of amides is 2. The topological polar surface area (TPSA) is 75.3 Å². The third kappa shape index (κ3) is 6.27. The van der Waals surface area contributed by atoms with Gasteiger partial charge in [0.1, 0.15) is 6.04 Å². The molecule has 1 aliphatic carbocycles. The molecule has 0 heterocycles. The molecule has 1 fully saturated rings. The summed E-state index contributed by atoms with van der Waals surface area (Å²) in [5, 5.41) is 5.43. The number of hydrogen-bond donors (Lipinski definition) is 2. The monoisotopic (exact) mass is 295 g/mol. The maximum Gasteiger partial charge on any atom is 0.243 e. The molecule has 119 valence electrons. The van der Waals surface area contributed by atoms with Gasteiger partial charge in [0.05, 0.1) is 6.04 Å². The van der Waals surface area contributed by atoms with Gasteiger partial charge in [-0.1, -0.05) is 33.1 Å². The second kappa shape index (κ2) is 8.80. The molecule has 1 saturated carbocycles. The molecule has 2 amide bonds. The van der Waals surface area contributed by atoms with Crippen LogP contribution in [0.15, 0.2) is 0 Å². The van der Waals surface area contributed by atoms with E-state index in [1.54, 1.807) is 0 Å². The third-order valence-corrected chi connectivity index (χ3v) is 3.95. The van der Waals surface area contributed by atoms with E-state index in [0.29, 0.717) is 6.42 Å². The van der Waals surface area contributed by atoms with E-state index in [-0.39, 0.29) is 23.7 Å². The van der Waals surface area contributed by atoms with Gasteiger partial charge in [0.15, 0.2) is 0 Å². The Labute approximate surface area is 127 Å². The minimum Gasteiger partial charge on any atom is -0.345 e. The van der Waals surface area contributed by atoms with Crippen molar-refractivity contribution in [3.8, 4) is 0 Å². The van der Waals surface area contributed by atoms with Crippen LogP contribution in [0.2, 0.25) is 0 Å². The lowest BCUT2D eigenvalue weighted by molar-refractivity contribution is -0.128. The predicted molar refractivity (Wildman–Crippen MR) is 81.3 cm³/mol. The van der Waals surface area contributed by atoms with Crippen molar-refractivity contribution >= 4 is 18.1 Å². The van der Waals surface area contributed by atoms with Gasteiger partial charge in [-0.2, -0.15) is 0 Å². The molecule has 1 aliphatic rings. The Hall–Kier alpha value is -1.39. The molecule has 0 saturated heterocycles. The van der Waals surface area contributed by atoms with Gasteiger partial charge >= 0.3 is 0 Å². The zero-order chi connectivity index (χ0) is 15.8. The summed E-state index contributed by atoms with van der Waals surface area (Å²) in [6, 6.07) is -1.14. The van der Waals surface area contributed by atoms with Crippen LogP contribution in [-0.2, 0) is 14.4 Å². The van der Waals surface area contributed by atoms with Crippen molar-refractivity contribution in [2.45, 2.75) is 71.4 Å². The van der Waals surface area contributed by atoms with E-state index in [4.69, 9.17) is 0 Å². The normalized spacial score (nSPS) is 18.9. The van der Waals surface area contributed by atoms with Crippen molar-refractivity contribution in [3.05, 3.63) is 0 Å². The average molecular weight is 295 g/mol. The van der Waals surface area contributed by atoms with Crippen molar-refractivity contribution in [1.82, 2.24) is 10.6 Å². The molecule has 5 nitrogen and oxygen atoms in total. The highest BCUT2D eigenvalue weighted by atomic mass is 16.2. The summed E-state index contributed by atoms with van der Waals surface area (Å²) in [7, 11) is 0. The van der Waals surface area contributed by atoms with E-state index in [9.17, 15) is 14.4 Å². The first-order valence-electron chi connectivity index (χ1n) is 7.89. The zero-order valence-corrected chi connectivity index (χ0v) is 13.3. The third-order valence-electron chi connectivity index (χ3n) is 3.95. The molecule has 0 aromatic carbocycles. The van der Waals surface area contributed by atoms with E-state index >= 15 is 0 Å². The Kier molecular flexibility index (Phi) is 7.40. The van der Waals surface area contributed by atoms with E-state index in [1.165, 1.54) is 13.3 Å². The SMILES string of the molecule is CC(=O)N[C@@H](CC(C)C)C(=O)N[C@H]([C]=O)C1CCCCC1. The summed E-state index contributed by atoms with van der Waals surface area (Å²) in [4.78, 5) is 34.7. The highest BCUT2D eigenvalue weighted by Crippen LogP contribution is 2.26. The van der Waals surface area contributed by atoms with Crippen LogP contribution >= 0.6 is 0 Å². The molecule has 5 heteroatoms. The van der Waals surface area contributed by atoms with Crippen molar-refractivity contribution in [2.24, 2.45) is 11.8 Å². The van der Waals surface area contributed by atoms with Gasteiger partial charge in [0.2, 0.25) is 18.1 Å². The highest BCUT2D eigenvalue weighted by Gasteiger charge is 2.28. The lowest BCUT2D eigenvalue weighted by atomic mass is 9.84. The van der Waals surface area contributed by atoms with Gasteiger partial charge in [-0.25, -0.2) is 0 Å². The molecule has 2 atom stereocenters. The minimum atomic E-state index is -0.582. The van der Waals surface area contributed by atoms with Crippen molar-refractivity contribution in [2.75, 3.05) is 0 Å². The van der Waals surface area contributed by atoms with Crippen LogP contribution in [0, 0.1) is 11.8 Å². The maximum atomic E-state index is 12.3. The standard InChI is InChI=1S/C16H27N2O3/c1-11(2)9-14(17-12(3)20)16(21)18-15(10-19)13-7-5-4-6-8-13/h11,13-15H,4-9H2,1-3H3,(H,17,20)(H,18,21)/t14-,15+/m0/s1. The molecular weight excluding hydrogens is 268 g/mol. The molecule has 0 spiro atoms. The Morgan fingerprint density at radius 2 is 1.76 bits per heavy atom. The van der Waals surface area contributed by atoms with E-state index < -0.39 is 12.1 Å². The first-order chi connectivity index (χ1) is 9.93. The van der Waals surface area contributed by atoms with E-state index in [1.807, 2.05) is 20.1 Å². The smallest absolute Gasteiger partial charge is 0.243 e. The maximum absolute atomic E-state index is 12.3. The van der Waals surface area contributed by atoms with Gasteiger partial charge in [0, 0.05) is 6.92 Å². The summed E-state index contributed by atoms with van der Waals surface area (Å²) in [6.45, 7) is 5.38. The number of rotatable bonds is 7. The fraction of sp³-hybridized carbons (Fsp3) is 0.812. The van der Waals surface area contributed by atoms with E-state index in [2.05, 4.69) is 10.6 Å². The van der Waals surface area contributed by atoms with Crippen LogP contribution in [-0.4, -0.2) is 30.2 Å².